The summed E-state index contributed by atoms with van der Waals surface area (Å²) in [5.74, 6) is 0. The summed E-state index contributed by atoms with van der Waals surface area (Å²) in [5, 5.41) is 0. The van der Waals surface area contributed by atoms with Crippen LogP contribution in [0.5, 0.6) is 0 Å². The van der Waals surface area contributed by atoms with E-state index in [1.54, 1.807) is 7.05 Å². The van der Waals surface area contributed by atoms with Gasteiger partial charge in [-0.15, -0.1) is 0 Å². The molecule has 84 valence electrons. The van der Waals surface area contributed by atoms with Crippen LogP contribution in [-0.4, -0.2) is 35.7 Å². The first-order chi connectivity index (χ1) is 6.28. The molecule has 2 N–H and O–H groups in total. The van der Waals surface area contributed by atoms with Crippen molar-refractivity contribution in [1.82, 2.24) is 4.90 Å². The lowest BCUT2D eigenvalue weighted by molar-refractivity contribution is -0.137. The monoisotopic (exact) mass is 228 g/mol. The smallest absolute Gasteiger partial charge is 0.390 e. The molecule has 0 aliphatic heterocycles. The summed E-state index contributed by atoms with van der Waals surface area (Å²) in [5.41, 5.74) is 5.40. The van der Waals surface area contributed by atoms with E-state index in [1.165, 1.54) is 4.90 Å². The first-order valence-electron chi connectivity index (χ1n) is 4.34. The van der Waals surface area contributed by atoms with Crippen molar-refractivity contribution >= 4 is 17.2 Å². The molecule has 1 atom stereocenters. The molecule has 0 saturated carbocycles. The van der Waals surface area contributed by atoms with E-state index in [0.717, 1.165) is 0 Å². The molecule has 0 aromatic heterocycles. The third kappa shape index (κ3) is 5.39. The molecule has 14 heavy (non-hydrogen) atoms. The van der Waals surface area contributed by atoms with Gasteiger partial charge >= 0.3 is 6.18 Å². The number of hydrogen-bond donors (Lipinski definition) is 1. The Balaban J connectivity index is 4.05. The van der Waals surface area contributed by atoms with Gasteiger partial charge in [-0.2, -0.15) is 13.2 Å². The van der Waals surface area contributed by atoms with Crippen molar-refractivity contribution in [2.75, 3.05) is 13.6 Å². The van der Waals surface area contributed by atoms with Gasteiger partial charge in [0.25, 0.3) is 0 Å². The fourth-order valence-electron chi connectivity index (χ4n) is 1.19. The zero-order valence-corrected chi connectivity index (χ0v) is 9.08. The molecule has 0 rings (SSSR count). The maximum absolute atomic E-state index is 11.9. The molecule has 0 bridgehead atoms. The van der Waals surface area contributed by atoms with Crippen LogP contribution in [0, 0.1) is 0 Å². The van der Waals surface area contributed by atoms with Gasteiger partial charge in [0.05, 0.1) is 17.5 Å². The quantitative estimate of drug-likeness (QED) is 0.729. The molecule has 6 heteroatoms. The van der Waals surface area contributed by atoms with Crippen LogP contribution in [0.2, 0.25) is 0 Å². The highest BCUT2D eigenvalue weighted by Gasteiger charge is 2.28. The average molecular weight is 228 g/mol. The fourth-order valence-corrected chi connectivity index (χ4v) is 1.54. The molecule has 2 nitrogen and oxygen atoms in total. The SMILES string of the molecule is CCC(C(N)=S)N(C)CCC(F)(F)F. The van der Waals surface area contributed by atoms with Gasteiger partial charge in [0.1, 0.15) is 0 Å². The van der Waals surface area contributed by atoms with Crippen LogP contribution in [0.1, 0.15) is 19.8 Å². The minimum atomic E-state index is -4.12. The van der Waals surface area contributed by atoms with Crippen LogP contribution >= 0.6 is 12.2 Å². The number of hydrogen-bond acceptors (Lipinski definition) is 2. The molecule has 0 aromatic carbocycles. The zero-order valence-electron chi connectivity index (χ0n) is 8.27. The molecule has 0 aliphatic carbocycles. The molecular weight excluding hydrogens is 213 g/mol. The van der Waals surface area contributed by atoms with Crippen molar-refractivity contribution in [1.29, 1.82) is 0 Å². The third-order valence-electron chi connectivity index (χ3n) is 2.00. The van der Waals surface area contributed by atoms with E-state index in [9.17, 15) is 13.2 Å². The molecule has 0 fully saturated rings. The van der Waals surface area contributed by atoms with Crippen LogP contribution in [0.4, 0.5) is 13.2 Å². The lowest BCUT2D eigenvalue weighted by Gasteiger charge is -2.26. The van der Waals surface area contributed by atoms with E-state index >= 15 is 0 Å². The minimum Gasteiger partial charge on any atom is -0.392 e. The first-order valence-corrected chi connectivity index (χ1v) is 4.75. The Morgan fingerprint density at radius 3 is 2.29 bits per heavy atom. The van der Waals surface area contributed by atoms with Gasteiger partial charge in [-0.05, 0) is 13.5 Å². The summed E-state index contributed by atoms with van der Waals surface area (Å²) in [7, 11) is 1.60. The summed E-state index contributed by atoms with van der Waals surface area (Å²) in [4.78, 5) is 1.78. The van der Waals surface area contributed by atoms with Crippen molar-refractivity contribution < 1.29 is 13.2 Å². The summed E-state index contributed by atoms with van der Waals surface area (Å²) in [6.07, 6.45) is -4.32. The highest BCUT2D eigenvalue weighted by atomic mass is 32.1. The van der Waals surface area contributed by atoms with Crippen molar-refractivity contribution in [3.8, 4) is 0 Å². The van der Waals surface area contributed by atoms with E-state index in [0.29, 0.717) is 6.42 Å². The van der Waals surface area contributed by atoms with Gasteiger partial charge in [-0.1, -0.05) is 19.1 Å². The third-order valence-corrected chi connectivity index (χ3v) is 2.27. The highest BCUT2D eigenvalue weighted by molar-refractivity contribution is 7.80. The van der Waals surface area contributed by atoms with Crippen LogP contribution in [0.3, 0.4) is 0 Å². The molecule has 0 amide bonds. The largest absolute Gasteiger partial charge is 0.392 e. The Hall–Kier alpha value is -0.360. The Bertz CT molecular complexity index is 194. The van der Waals surface area contributed by atoms with Gasteiger partial charge in [-0.25, -0.2) is 0 Å². The maximum atomic E-state index is 11.9. The minimum absolute atomic E-state index is 0.0701. The Morgan fingerprint density at radius 2 is 2.00 bits per heavy atom. The lowest BCUT2D eigenvalue weighted by Crippen LogP contribution is -2.42. The van der Waals surface area contributed by atoms with E-state index in [2.05, 4.69) is 0 Å². The molecule has 0 aromatic rings. The number of halogens is 3. The van der Waals surface area contributed by atoms with Gasteiger partial charge in [0.15, 0.2) is 0 Å². The first kappa shape index (κ1) is 13.6. The van der Waals surface area contributed by atoms with Crippen LogP contribution in [-0.2, 0) is 0 Å². The fraction of sp³-hybridized carbons (Fsp3) is 0.875. The Morgan fingerprint density at radius 1 is 1.50 bits per heavy atom. The second kappa shape index (κ2) is 5.50. The van der Waals surface area contributed by atoms with Gasteiger partial charge < -0.3 is 5.73 Å². The number of nitrogens with two attached hydrogens (primary N) is 1. The standard InChI is InChI=1S/C8H15F3N2S/c1-3-6(7(12)14)13(2)5-4-8(9,10)11/h6H,3-5H2,1-2H3,(H2,12,14). The van der Waals surface area contributed by atoms with E-state index in [1.807, 2.05) is 6.92 Å². The lowest BCUT2D eigenvalue weighted by atomic mass is 10.2. The number of thiocarbonyl (C=S) groups is 1. The predicted octanol–water partition coefficient (Wildman–Crippen LogP) is 1.94. The molecule has 0 heterocycles. The maximum Gasteiger partial charge on any atom is 0.390 e. The van der Waals surface area contributed by atoms with Gasteiger partial charge in [0.2, 0.25) is 0 Å². The van der Waals surface area contributed by atoms with Crippen molar-refractivity contribution in [2.24, 2.45) is 5.73 Å². The molecule has 1 unspecified atom stereocenters. The van der Waals surface area contributed by atoms with Gasteiger partial charge in [0, 0.05) is 6.54 Å². The zero-order chi connectivity index (χ0) is 11.4. The summed E-state index contributed by atoms with van der Waals surface area (Å²) < 4.78 is 35.7. The molecular formula is C8H15F3N2S. The van der Waals surface area contributed by atoms with E-state index in [4.69, 9.17) is 18.0 Å². The second-order valence-electron chi connectivity index (χ2n) is 3.17. The van der Waals surface area contributed by atoms with Crippen LogP contribution in [0.15, 0.2) is 0 Å². The molecule has 0 aliphatic rings. The van der Waals surface area contributed by atoms with Crippen molar-refractivity contribution in [2.45, 2.75) is 32.0 Å². The van der Waals surface area contributed by atoms with Crippen molar-refractivity contribution in [3.63, 3.8) is 0 Å². The van der Waals surface area contributed by atoms with E-state index in [-0.39, 0.29) is 17.6 Å². The normalized spacial score (nSPS) is 14.4. The summed E-state index contributed by atoms with van der Waals surface area (Å²) in [6.45, 7) is 1.77. The topological polar surface area (TPSA) is 29.3 Å². The Labute approximate surface area is 87.2 Å². The Kier molecular flexibility index (Phi) is 5.36. The average Bonchev–Trinajstić information content (AvgIpc) is 2.00. The molecule has 0 saturated heterocycles. The molecule has 0 radical (unpaired) electrons. The van der Waals surface area contributed by atoms with Crippen molar-refractivity contribution in [3.05, 3.63) is 0 Å². The highest BCUT2D eigenvalue weighted by Crippen LogP contribution is 2.20. The summed E-state index contributed by atoms with van der Waals surface area (Å²) in [6, 6.07) is -0.243. The molecule has 0 spiro atoms. The number of alkyl halides is 3. The van der Waals surface area contributed by atoms with Crippen LogP contribution < -0.4 is 5.73 Å². The second-order valence-corrected chi connectivity index (χ2v) is 3.64. The van der Waals surface area contributed by atoms with Crippen LogP contribution in [0.25, 0.3) is 0 Å². The summed E-state index contributed by atoms with van der Waals surface area (Å²) >= 11 is 4.75. The number of likely N-dealkylation sites (N-methyl/N-ethyl adjacent to an activating group) is 1. The van der Waals surface area contributed by atoms with Gasteiger partial charge in [-0.3, -0.25) is 4.90 Å². The van der Waals surface area contributed by atoms with E-state index < -0.39 is 12.6 Å². The number of rotatable bonds is 5. The predicted molar refractivity (Wildman–Crippen MR) is 54.2 cm³/mol. The number of nitrogens with zero attached hydrogens (tertiary/aromatic N) is 1.